The molecule has 0 aromatic carbocycles. The van der Waals surface area contributed by atoms with Gasteiger partial charge in [0.05, 0.1) is 16.8 Å². The molecule has 6 N–H and O–H groups in total. The average Bonchev–Trinajstić information content (AvgIpc) is 2.61. The number of aliphatic hydroxyl groups excluding tert-OH is 2. The SMILES string of the molecule is Nc1ccn([C@]2([SiH3])O[C@H](COP(=O)(O)O)[C@@H](O)[C@H]2O)c(=O)n1. The van der Waals surface area contributed by atoms with Crippen molar-refractivity contribution in [3.63, 3.8) is 0 Å². The molecular weight excluding hydrogens is 337 g/mol. The van der Waals surface area contributed by atoms with E-state index in [1.807, 2.05) is 0 Å². The minimum absolute atomic E-state index is 0.0130. The zero-order valence-electron chi connectivity index (χ0n) is 11.4. The Hall–Kier alpha value is -1.11. The van der Waals surface area contributed by atoms with Crippen molar-refractivity contribution in [3.05, 3.63) is 22.7 Å². The zero-order chi connectivity index (χ0) is 16.7. The second-order valence-electron chi connectivity index (χ2n) is 4.94. The van der Waals surface area contributed by atoms with Gasteiger partial charge < -0.3 is 30.5 Å². The third-order valence-electron chi connectivity index (χ3n) is 3.35. The van der Waals surface area contributed by atoms with Crippen molar-refractivity contribution >= 4 is 23.9 Å². The summed E-state index contributed by atoms with van der Waals surface area (Å²) >= 11 is 0. The number of phosphoric ester groups is 1. The van der Waals surface area contributed by atoms with E-state index in [1.165, 1.54) is 12.3 Å². The van der Waals surface area contributed by atoms with Gasteiger partial charge in [0, 0.05) is 6.20 Å². The topological polar surface area (TPSA) is 177 Å². The molecule has 13 heteroatoms. The molecular formula is C9H16N3O8PSi. The number of nitrogen functional groups attached to an aromatic ring is 1. The molecule has 1 aromatic heterocycles. The van der Waals surface area contributed by atoms with Crippen LogP contribution in [0.5, 0.6) is 0 Å². The number of nitrogens with zero attached hydrogens (tertiary/aromatic N) is 2. The first kappa shape index (κ1) is 17.2. The predicted octanol–water partition coefficient (Wildman–Crippen LogP) is -3.97. The van der Waals surface area contributed by atoms with Crippen LogP contribution in [-0.4, -0.2) is 64.7 Å². The first-order chi connectivity index (χ1) is 10.0. The summed E-state index contributed by atoms with van der Waals surface area (Å²) in [6.45, 7) is -0.649. The molecule has 0 saturated carbocycles. The van der Waals surface area contributed by atoms with E-state index in [0.717, 1.165) is 4.57 Å². The van der Waals surface area contributed by atoms with E-state index in [2.05, 4.69) is 9.51 Å². The number of aromatic nitrogens is 2. The van der Waals surface area contributed by atoms with Gasteiger partial charge in [-0.2, -0.15) is 4.98 Å². The van der Waals surface area contributed by atoms with Crippen LogP contribution < -0.4 is 11.4 Å². The lowest BCUT2D eigenvalue weighted by molar-refractivity contribution is -0.0880. The number of hydrogen-bond donors (Lipinski definition) is 5. The molecule has 4 atom stereocenters. The van der Waals surface area contributed by atoms with E-state index in [4.69, 9.17) is 20.3 Å². The van der Waals surface area contributed by atoms with Crippen LogP contribution in [-0.2, 0) is 19.2 Å². The summed E-state index contributed by atoms with van der Waals surface area (Å²) in [6.07, 6.45) is -2.94. The van der Waals surface area contributed by atoms with Crippen molar-refractivity contribution in [2.75, 3.05) is 12.3 Å². The fourth-order valence-electron chi connectivity index (χ4n) is 2.22. The van der Waals surface area contributed by atoms with Crippen LogP contribution in [0.15, 0.2) is 17.1 Å². The molecule has 1 aliphatic heterocycles. The first-order valence-electron chi connectivity index (χ1n) is 6.14. The van der Waals surface area contributed by atoms with Crippen LogP contribution in [0.25, 0.3) is 0 Å². The second kappa shape index (κ2) is 5.83. The van der Waals surface area contributed by atoms with Crippen LogP contribution in [0, 0.1) is 0 Å². The van der Waals surface area contributed by atoms with Gasteiger partial charge in [0.2, 0.25) is 0 Å². The number of phosphoric acid groups is 1. The molecule has 22 heavy (non-hydrogen) atoms. The zero-order valence-corrected chi connectivity index (χ0v) is 14.3. The van der Waals surface area contributed by atoms with Crippen molar-refractivity contribution in [3.8, 4) is 0 Å². The molecule has 0 spiro atoms. The minimum atomic E-state index is -4.75. The van der Waals surface area contributed by atoms with Crippen LogP contribution in [0.1, 0.15) is 0 Å². The summed E-state index contributed by atoms with van der Waals surface area (Å²) in [6, 6.07) is 1.32. The summed E-state index contributed by atoms with van der Waals surface area (Å²) in [5, 5.41) is 18.6. The maximum Gasteiger partial charge on any atom is 0.469 e. The number of nitrogens with two attached hydrogens (primary N) is 1. The quantitative estimate of drug-likeness (QED) is 0.265. The third kappa shape index (κ3) is 3.29. The van der Waals surface area contributed by atoms with Crippen molar-refractivity contribution in [1.82, 2.24) is 9.55 Å². The Balaban J connectivity index is 2.28. The molecule has 11 nitrogen and oxygen atoms in total. The summed E-state index contributed by atoms with van der Waals surface area (Å²) in [5.41, 5.74) is 4.60. The number of ether oxygens (including phenoxy) is 1. The summed E-state index contributed by atoms with van der Waals surface area (Å²) in [4.78, 5) is 32.7. The van der Waals surface area contributed by atoms with Crippen LogP contribution >= 0.6 is 7.82 Å². The van der Waals surface area contributed by atoms with Crippen molar-refractivity contribution < 1.29 is 33.8 Å². The highest BCUT2D eigenvalue weighted by atomic mass is 31.2. The van der Waals surface area contributed by atoms with Crippen LogP contribution in [0.3, 0.4) is 0 Å². The van der Waals surface area contributed by atoms with Gasteiger partial charge in [-0.25, -0.2) is 9.36 Å². The van der Waals surface area contributed by atoms with Crippen LogP contribution in [0.4, 0.5) is 5.82 Å². The largest absolute Gasteiger partial charge is 0.469 e. The maximum atomic E-state index is 11.9. The Morgan fingerprint density at radius 3 is 2.73 bits per heavy atom. The second-order valence-corrected chi connectivity index (χ2v) is 7.61. The van der Waals surface area contributed by atoms with Crippen LogP contribution in [0.2, 0.25) is 0 Å². The number of anilines is 1. The number of rotatable bonds is 4. The van der Waals surface area contributed by atoms with Gasteiger partial charge in [0.15, 0.2) is 5.35 Å². The molecule has 2 heterocycles. The van der Waals surface area contributed by atoms with E-state index in [1.54, 1.807) is 0 Å². The van der Waals surface area contributed by atoms with Gasteiger partial charge in [-0.3, -0.25) is 9.09 Å². The average molecular weight is 353 g/mol. The summed E-state index contributed by atoms with van der Waals surface area (Å²) < 4.78 is 21.4. The fraction of sp³-hybridized carbons (Fsp3) is 0.556. The van der Waals surface area contributed by atoms with E-state index in [0.29, 0.717) is 0 Å². The molecule has 0 aliphatic carbocycles. The van der Waals surface area contributed by atoms with Gasteiger partial charge in [0.1, 0.15) is 24.1 Å². The molecule has 0 bridgehead atoms. The lowest BCUT2D eigenvalue weighted by Gasteiger charge is -2.29. The molecule has 0 radical (unpaired) electrons. The number of aliphatic hydroxyl groups is 2. The van der Waals surface area contributed by atoms with E-state index >= 15 is 0 Å². The summed E-state index contributed by atoms with van der Waals surface area (Å²) in [7, 11) is -4.68. The Morgan fingerprint density at radius 2 is 2.18 bits per heavy atom. The highest BCUT2D eigenvalue weighted by molar-refractivity contribution is 7.46. The normalized spacial score (nSPS) is 32.5. The molecule has 1 saturated heterocycles. The van der Waals surface area contributed by atoms with Crippen molar-refractivity contribution in [1.29, 1.82) is 0 Å². The molecule has 2 rings (SSSR count). The van der Waals surface area contributed by atoms with Gasteiger partial charge in [-0.15, -0.1) is 0 Å². The van der Waals surface area contributed by atoms with Crippen molar-refractivity contribution in [2.24, 2.45) is 0 Å². The minimum Gasteiger partial charge on any atom is -0.387 e. The predicted molar refractivity (Wildman–Crippen MR) is 75.7 cm³/mol. The molecule has 124 valence electrons. The molecule has 1 aliphatic rings. The standard InChI is InChI=1S/C9H16N3O8PSi/c10-5-1-2-12(8(15)11-5)9(22)7(14)6(13)4(20-9)3-19-21(16,17)18/h1-2,4,6-7,13-14H,3H2,22H3,(H2,10,11,15)(H2,16,17,18)/t4-,6-,7-,9+/m1/s1. The Morgan fingerprint density at radius 1 is 1.55 bits per heavy atom. The van der Waals surface area contributed by atoms with E-state index < -0.39 is 43.8 Å². The van der Waals surface area contributed by atoms with Gasteiger partial charge >= 0.3 is 13.5 Å². The van der Waals surface area contributed by atoms with Crippen molar-refractivity contribution in [2.45, 2.75) is 23.7 Å². The molecule has 0 amide bonds. The lowest BCUT2D eigenvalue weighted by Crippen LogP contribution is -2.51. The Bertz CT molecular complexity index is 665. The Kier molecular flexibility index (Phi) is 4.57. The van der Waals surface area contributed by atoms with Gasteiger partial charge in [0.25, 0.3) is 0 Å². The summed E-state index contributed by atoms with van der Waals surface area (Å²) in [5.74, 6) is -0.0130. The lowest BCUT2D eigenvalue weighted by atomic mass is 10.1. The molecule has 1 fully saturated rings. The van der Waals surface area contributed by atoms with Gasteiger partial charge in [-0.1, -0.05) is 0 Å². The number of hydrogen-bond acceptors (Lipinski definition) is 8. The highest BCUT2D eigenvalue weighted by Crippen LogP contribution is 2.39. The Labute approximate surface area is 127 Å². The van der Waals surface area contributed by atoms with Gasteiger partial charge in [-0.05, 0) is 6.07 Å². The monoisotopic (exact) mass is 353 g/mol. The molecule has 1 aromatic rings. The smallest absolute Gasteiger partial charge is 0.387 e. The fourth-order valence-corrected chi connectivity index (χ4v) is 3.55. The maximum absolute atomic E-state index is 11.9. The molecule has 0 unspecified atom stereocenters. The van der Waals surface area contributed by atoms with E-state index in [9.17, 15) is 19.6 Å². The highest BCUT2D eigenvalue weighted by Gasteiger charge is 2.53. The first-order valence-corrected chi connectivity index (χ1v) is 8.67. The van der Waals surface area contributed by atoms with E-state index in [-0.39, 0.29) is 16.1 Å². The third-order valence-corrected chi connectivity index (χ3v) is 5.15.